The molecule has 1 unspecified atom stereocenters. The van der Waals surface area contributed by atoms with Gasteiger partial charge in [-0.2, -0.15) is 0 Å². The van der Waals surface area contributed by atoms with E-state index in [1.807, 2.05) is 43.3 Å². The molecule has 1 atom stereocenters. The third kappa shape index (κ3) is 5.09. The number of nitrogens with zero attached hydrogens (tertiary/aromatic N) is 1. The van der Waals surface area contributed by atoms with Gasteiger partial charge in [-0.1, -0.05) is 67.6 Å². The third-order valence-electron chi connectivity index (χ3n) is 5.28. The molecule has 3 N–H and O–H groups in total. The highest BCUT2D eigenvalue weighted by molar-refractivity contribution is 6.09. The number of carbonyl (C=O) groups is 4. The lowest BCUT2D eigenvalue weighted by Gasteiger charge is -2.25. The molecule has 1 heterocycles. The SMILES string of the molecule is CCC1(c2ccccc2)NC(=O)N(CC(=O)NCCC(=O)NCc2ccccc2)C1=O. The van der Waals surface area contributed by atoms with Crippen molar-refractivity contribution in [1.29, 1.82) is 0 Å². The summed E-state index contributed by atoms with van der Waals surface area (Å²) >= 11 is 0. The number of amides is 5. The molecule has 2 aromatic rings. The summed E-state index contributed by atoms with van der Waals surface area (Å²) in [5.41, 5.74) is 0.487. The van der Waals surface area contributed by atoms with Crippen molar-refractivity contribution in [3.05, 3.63) is 71.8 Å². The van der Waals surface area contributed by atoms with E-state index in [1.165, 1.54) is 0 Å². The molecule has 162 valence electrons. The van der Waals surface area contributed by atoms with Gasteiger partial charge in [-0.25, -0.2) is 4.79 Å². The molecule has 1 aliphatic heterocycles. The van der Waals surface area contributed by atoms with Crippen molar-refractivity contribution in [2.45, 2.75) is 31.8 Å². The maximum absolute atomic E-state index is 13.0. The first-order valence-electron chi connectivity index (χ1n) is 10.2. The van der Waals surface area contributed by atoms with Crippen LogP contribution in [0.5, 0.6) is 0 Å². The van der Waals surface area contributed by atoms with Gasteiger partial charge in [0.05, 0.1) is 0 Å². The van der Waals surface area contributed by atoms with E-state index in [9.17, 15) is 19.2 Å². The Balaban J connectivity index is 1.48. The quantitative estimate of drug-likeness (QED) is 0.534. The first kappa shape index (κ1) is 22.0. The topological polar surface area (TPSA) is 108 Å². The maximum atomic E-state index is 13.0. The Labute approximate surface area is 181 Å². The van der Waals surface area contributed by atoms with E-state index in [4.69, 9.17) is 0 Å². The first-order valence-corrected chi connectivity index (χ1v) is 10.2. The van der Waals surface area contributed by atoms with Gasteiger partial charge < -0.3 is 16.0 Å². The summed E-state index contributed by atoms with van der Waals surface area (Å²) in [6.45, 7) is 1.93. The van der Waals surface area contributed by atoms with Crippen molar-refractivity contribution in [1.82, 2.24) is 20.9 Å². The zero-order valence-corrected chi connectivity index (χ0v) is 17.4. The minimum Gasteiger partial charge on any atom is -0.354 e. The Morgan fingerprint density at radius 1 is 0.935 bits per heavy atom. The molecule has 1 fully saturated rings. The monoisotopic (exact) mass is 422 g/mol. The lowest BCUT2D eigenvalue weighted by Crippen LogP contribution is -2.45. The van der Waals surface area contributed by atoms with Crippen LogP contribution in [0.3, 0.4) is 0 Å². The average molecular weight is 422 g/mol. The largest absolute Gasteiger partial charge is 0.354 e. The van der Waals surface area contributed by atoms with Crippen LogP contribution in [0.25, 0.3) is 0 Å². The molecule has 8 nitrogen and oxygen atoms in total. The zero-order valence-electron chi connectivity index (χ0n) is 17.4. The Kier molecular flexibility index (Phi) is 7.02. The van der Waals surface area contributed by atoms with Gasteiger partial charge in [-0.3, -0.25) is 19.3 Å². The second kappa shape index (κ2) is 9.88. The Morgan fingerprint density at radius 2 is 1.58 bits per heavy atom. The third-order valence-corrected chi connectivity index (χ3v) is 5.28. The molecule has 5 amide bonds. The van der Waals surface area contributed by atoms with Gasteiger partial charge >= 0.3 is 6.03 Å². The number of hydrogen-bond acceptors (Lipinski definition) is 4. The summed E-state index contributed by atoms with van der Waals surface area (Å²) in [5.74, 6) is -1.16. The lowest BCUT2D eigenvalue weighted by molar-refractivity contribution is -0.135. The smallest absolute Gasteiger partial charge is 0.325 e. The van der Waals surface area contributed by atoms with Crippen LogP contribution < -0.4 is 16.0 Å². The minimum absolute atomic E-state index is 0.0988. The van der Waals surface area contributed by atoms with E-state index in [-0.39, 0.29) is 18.9 Å². The van der Waals surface area contributed by atoms with Gasteiger partial charge in [-0.05, 0) is 17.5 Å². The molecule has 1 saturated heterocycles. The summed E-state index contributed by atoms with van der Waals surface area (Å²) in [7, 11) is 0. The fourth-order valence-corrected chi connectivity index (χ4v) is 3.53. The number of benzene rings is 2. The van der Waals surface area contributed by atoms with Crippen LogP contribution >= 0.6 is 0 Å². The van der Waals surface area contributed by atoms with Crippen molar-refractivity contribution < 1.29 is 19.2 Å². The molecule has 0 aliphatic carbocycles. The maximum Gasteiger partial charge on any atom is 0.325 e. The van der Waals surface area contributed by atoms with Crippen LogP contribution in [0.2, 0.25) is 0 Å². The predicted octanol–water partition coefficient (Wildman–Crippen LogP) is 1.67. The highest BCUT2D eigenvalue weighted by atomic mass is 16.2. The van der Waals surface area contributed by atoms with E-state index in [0.29, 0.717) is 18.5 Å². The van der Waals surface area contributed by atoms with Crippen molar-refractivity contribution in [2.75, 3.05) is 13.1 Å². The highest BCUT2D eigenvalue weighted by Crippen LogP contribution is 2.32. The van der Waals surface area contributed by atoms with Crippen LogP contribution in [0.4, 0.5) is 4.79 Å². The molecule has 31 heavy (non-hydrogen) atoms. The lowest BCUT2D eigenvalue weighted by atomic mass is 9.87. The van der Waals surface area contributed by atoms with Crippen molar-refractivity contribution >= 4 is 23.8 Å². The fraction of sp³-hybridized carbons (Fsp3) is 0.304. The van der Waals surface area contributed by atoms with Gasteiger partial charge in [-0.15, -0.1) is 0 Å². The molecule has 3 rings (SSSR count). The fourth-order valence-electron chi connectivity index (χ4n) is 3.53. The predicted molar refractivity (Wildman–Crippen MR) is 115 cm³/mol. The first-order chi connectivity index (χ1) is 15.0. The van der Waals surface area contributed by atoms with Gasteiger partial charge in [0.2, 0.25) is 11.8 Å². The van der Waals surface area contributed by atoms with Crippen LogP contribution in [0.1, 0.15) is 30.9 Å². The number of nitrogens with one attached hydrogen (secondary N) is 3. The molecular formula is C23H26N4O4. The Bertz CT molecular complexity index is 949. The van der Waals surface area contributed by atoms with E-state index in [1.54, 1.807) is 24.3 Å². The van der Waals surface area contributed by atoms with Crippen molar-refractivity contribution in [3.8, 4) is 0 Å². The second-order valence-electron chi connectivity index (χ2n) is 7.31. The van der Waals surface area contributed by atoms with Crippen molar-refractivity contribution in [2.24, 2.45) is 0 Å². The van der Waals surface area contributed by atoms with Gasteiger partial charge in [0, 0.05) is 19.5 Å². The van der Waals surface area contributed by atoms with Gasteiger partial charge in [0.15, 0.2) is 0 Å². The standard InChI is InChI=1S/C23H26N4O4/c1-2-23(18-11-7-4-8-12-18)21(30)27(22(31)26-23)16-20(29)24-14-13-19(28)25-15-17-9-5-3-6-10-17/h3-12H,2,13-16H2,1H3,(H,24,29)(H,25,28)(H,26,31). The number of rotatable bonds is 9. The van der Waals surface area contributed by atoms with Crippen LogP contribution in [-0.2, 0) is 26.5 Å². The molecule has 8 heteroatoms. The second-order valence-corrected chi connectivity index (χ2v) is 7.31. The summed E-state index contributed by atoms with van der Waals surface area (Å²) < 4.78 is 0. The van der Waals surface area contributed by atoms with E-state index < -0.39 is 29.9 Å². The average Bonchev–Trinajstić information content (AvgIpc) is 3.04. The van der Waals surface area contributed by atoms with Gasteiger partial charge in [0.1, 0.15) is 12.1 Å². The summed E-state index contributed by atoms with van der Waals surface area (Å²) in [6, 6.07) is 17.9. The Hall–Kier alpha value is -3.68. The van der Waals surface area contributed by atoms with Crippen LogP contribution in [0, 0.1) is 0 Å². The molecule has 2 aromatic carbocycles. The number of urea groups is 1. The molecule has 0 radical (unpaired) electrons. The summed E-state index contributed by atoms with van der Waals surface area (Å²) in [5, 5.41) is 8.11. The molecule has 0 spiro atoms. The van der Waals surface area contributed by atoms with E-state index in [0.717, 1.165) is 10.5 Å². The van der Waals surface area contributed by atoms with Crippen LogP contribution in [-0.4, -0.2) is 41.7 Å². The Morgan fingerprint density at radius 3 is 2.23 bits per heavy atom. The number of hydrogen-bond donors (Lipinski definition) is 3. The van der Waals surface area contributed by atoms with Crippen molar-refractivity contribution in [3.63, 3.8) is 0 Å². The van der Waals surface area contributed by atoms with Gasteiger partial charge in [0.25, 0.3) is 5.91 Å². The normalized spacial score (nSPS) is 17.9. The summed E-state index contributed by atoms with van der Waals surface area (Å²) in [4.78, 5) is 50.5. The summed E-state index contributed by atoms with van der Waals surface area (Å²) in [6.07, 6.45) is 0.461. The molecular weight excluding hydrogens is 396 g/mol. The minimum atomic E-state index is -1.17. The molecule has 0 bridgehead atoms. The molecule has 0 saturated carbocycles. The molecule has 1 aliphatic rings. The number of carbonyl (C=O) groups excluding carboxylic acids is 4. The van der Waals surface area contributed by atoms with E-state index in [2.05, 4.69) is 16.0 Å². The van der Waals surface area contributed by atoms with Crippen LogP contribution in [0.15, 0.2) is 60.7 Å². The van der Waals surface area contributed by atoms with E-state index >= 15 is 0 Å². The highest BCUT2D eigenvalue weighted by Gasteiger charge is 2.51. The molecule has 0 aromatic heterocycles. The zero-order chi connectivity index (χ0) is 22.3. The number of imide groups is 1.